The van der Waals surface area contributed by atoms with Crippen LogP contribution >= 0.6 is 0 Å². The highest BCUT2D eigenvalue weighted by Crippen LogP contribution is 2.23. The van der Waals surface area contributed by atoms with Gasteiger partial charge < -0.3 is 4.42 Å². The minimum atomic E-state index is -3.80. The molecule has 0 spiro atoms. The van der Waals surface area contributed by atoms with E-state index in [1.807, 2.05) is 42.5 Å². The van der Waals surface area contributed by atoms with Gasteiger partial charge in [-0.1, -0.05) is 42.5 Å². The Morgan fingerprint density at radius 3 is 2.27 bits per heavy atom. The lowest BCUT2D eigenvalue weighted by Crippen LogP contribution is -2.12. The molecule has 4 aromatic rings. The second-order valence-electron chi connectivity index (χ2n) is 5.72. The van der Waals surface area contributed by atoms with Gasteiger partial charge in [0.1, 0.15) is 0 Å². The van der Waals surface area contributed by atoms with E-state index in [1.54, 1.807) is 12.1 Å². The molecule has 0 amide bonds. The number of benzene rings is 3. The summed E-state index contributed by atoms with van der Waals surface area (Å²) in [7, 11) is -3.80. The lowest BCUT2D eigenvalue weighted by molar-refractivity contribution is 0.554. The summed E-state index contributed by atoms with van der Waals surface area (Å²) in [6, 6.07) is 21.1. The molecule has 0 aliphatic rings. The Bertz CT molecular complexity index is 1220. The van der Waals surface area contributed by atoms with E-state index >= 15 is 0 Å². The van der Waals surface area contributed by atoms with Crippen LogP contribution in [-0.4, -0.2) is 13.4 Å². The number of rotatable bonds is 4. The van der Waals surface area contributed by atoms with Crippen LogP contribution in [0, 0.1) is 0 Å². The number of H-pyrrole nitrogens is 1. The molecule has 0 bridgehead atoms. The maximum absolute atomic E-state index is 12.6. The molecule has 4 rings (SSSR count). The van der Waals surface area contributed by atoms with E-state index < -0.39 is 15.8 Å². The number of aromatic nitrogens is 1. The smallest absolute Gasteiger partial charge is 0.408 e. The third-order valence-corrected chi connectivity index (χ3v) is 5.33. The maximum atomic E-state index is 12.6. The van der Waals surface area contributed by atoms with Crippen LogP contribution in [0.5, 0.6) is 0 Å². The Labute approximate surface area is 149 Å². The second kappa shape index (κ2) is 6.20. The normalized spacial score (nSPS) is 11.5. The molecule has 0 aliphatic carbocycles. The molecule has 0 aliphatic heterocycles. The topological polar surface area (TPSA) is 92.2 Å². The molecule has 2 N–H and O–H groups in total. The van der Waals surface area contributed by atoms with Crippen molar-refractivity contribution in [2.45, 2.75) is 4.90 Å². The maximum Gasteiger partial charge on any atom is 0.417 e. The van der Waals surface area contributed by atoms with Gasteiger partial charge in [0, 0.05) is 11.8 Å². The summed E-state index contributed by atoms with van der Waals surface area (Å²) in [5.74, 6) is -0.626. The summed E-state index contributed by atoms with van der Waals surface area (Å²) < 4.78 is 32.6. The molecule has 0 unspecified atom stereocenters. The van der Waals surface area contributed by atoms with Crippen molar-refractivity contribution >= 4 is 26.8 Å². The van der Waals surface area contributed by atoms with Crippen molar-refractivity contribution in [3.8, 4) is 11.1 Å². The van der Waals surface area contributed by atoms with Crippen LogP contribution in [0.3, 0.4) is 0 Å². The van der Waals surface area contributed by atoms with Crippen LogP contribution in [0.15, 0.2) is 86.9 Å². The molecular formula is C19H14N2O4S. The van der Waals surface area contributed by atoms with Crippen LogP contribution < -0.4 is 10.5 Å². The van der Waals surface area contributed by atoms with Gasteiger partial charge in [-0.2, -0.15) is 0 Å². The third kappa shape index (κ3) is 3.12. The van der Waals surface area contributed by atoms with Gasteiger partial charge in [-0.25, -0.2) is 13.2 Å². The molecule has 0 fully saturated rings. The van der Waals surface area contributed by atoms with Gasteiger partial charge in [-0.3, -0.25) is 9.71 Å². The predicted molar refractivity (Wildman–Crippen MR) is 99.5 cm³/mol. The predicted octanol–water partition coefficient (Wildman–Crippen LogP) is 3.59. The molecule has 6 nitrogen and oxygen atoms in total. The van der Waals surface area contributed by atoms with E-state index in [0.717, 1.165) is 11.1 Å². The molecular weight excluding hydrogens is 352 g/mol. The van der Waals surface area contributed by atoms with Crippen molar-refractivity contribution in [2.24, 2.45) is 0 Å². The van der Waals surface area contributed by atoms with E-state index in [2.05, 4.69) is 9.71 Å². The number of hydrogen-bond donors (Lipinski definition) is 2. The summed E-state index contributed by atoms with van der Waals surface area (Å²) in [5.41, 5.74) is 3.12. The summed E-state index contributed by atoms with van der Waals surface area (Å²) in [6.07, 6.45) is 0. The lowest BCUT2D eigenvalue weighted by atomic mass is 10.1. The Morgan fingerprint density at radius 2 is 1.54 bits per heavy atom. The fourth-order valence-electron chi connectivity index (χ4n) is 2.67. The zero-order chi connectivity index (χ0) is 18.1. The van der Waals surface area contributed by atoms with Crippen molar-refractivity contribution in [1.82, 2.24) is 4.98 Å². The SMILES string of the molecule is O=c1[nH]c2ccc(S(=O)(=O)Nc3ccc(-c4ccccc4)cc3)cc2o1. The quantitative estimate of drug-likeness (QED) is 0.577. The van der Waals surface area contributed by atoms with Crippen molar-refractivity contribution in [3.05, 3.63) is 83.3 Å². The van der Waals surface area contributed by atoms with Gasteiger partial charge in [-0.15, -0.1) is 0 Å². The van der Waals surface area contributed by atoms with Crippen LogP contribution in [0.1, 0.15) is 0 Å². The van der Waals surface area contributed by atoms with Gasteiger partial charge in [0.15, 0.2) is 5.58 Å². The number of fused-ring (bicyclic) bond motifs is 1. The standard InChI is InChI=1S/C19H14N2O4S/c22-19-20-17-11-10-16(12-18(17)25-19)26(23,24)21-15-8-6-14(7-9-15)13-4-2-1-3-5-13/h1-12,21H,(H,20,22). The molecule has 1 heterocycles. The summed E-state index contributed by atoms with van der Waals surface area (Å²) in [5, 5.41) is 0. The first-order valence-corrected chi connectivity index (χ1v) is 9.31. The summed E-state index contributed by atoms with van der Waals surface area (Å²) in [6.45, 7) is 0. The van der Waals surface area contributed by atoms with E-state index in [0.29, 0.717) is 11.2 Å². The Balaban J connectivity index is 1.61. The zero-order valence-electron chi connectivity index (χ0n) is 13.5. The van der Waals surface area contributed by atoms with Crippen LogP contribution in [0.2, 0.25) is 0 Å². The number of sulfonamides is 1. The molecule has 3 aromatic carbocycles. The first-order valence-electron chi connectivity index (χ1n) is 7.82. The monoisotopic (exact) mass is 366 g/mol. The molecule has 0 radical (unpaired) electrons. The number of nitrogens with one attached hydrogen (secondary N) is 2. The summed E-state index contributed by atoms with van der Waals surface area (Å²) >= 11 is 0. The fraction of sp³-hybridized carbons (Fsp3) is 0. The van der Waals surface area contributed by atoms with Gasteiger partial charge >= 0.3 is 5.76 Å². The minimum absolute atomic E-state index is 0.0138. The first-order chi connectivity index (χ1) is 12.5. The lowest BCUT2D eigenvalue weighted by Gasteiger charge is -2.09. The highest BCUT2D eigenvalue weighted by Gasteiger charge is 2.16. The number of oxazole rings is 1. The third-order valence-electron chi connectivity index (χ3n) is 3.95. The number of hydrogen-bond acceptors (Lipinski definition) is 4. The fourth-order valence-corrected chi connectivity index (χ4v) is 3.74. The van der Waals surface area contributed by atoms with Crippen molar-refractivity contribution < 1.29 is 12.8 Å². The minimum Gasteiger partial charge on any atom is -0.408 e. The van der Waals surface area contributed by atoms with Crippen LogP contribution in [0.4, 0.5) is 5.69 Å². The molecule has 0 atom stereocenters. The highest BCUT2D eigenvalue weighted by atomic mass is 32.2. The van der Waals surface area contributed by atoms with Crippen molar-refractivity contribution in [2.75, 3.05) is 4.72 Å². The number of aromatic amines is 1. The van der Waals surface area contributed by atoms with Gasteiger partial charge in [0.25, 0.3) is 10.0 Å². The van der Waals surface area contributed by atoms with E-state index in [9.17, 15) is 13.2 Å². The van der Waals surface area contributed by atoms with Crippen molar-refractivity contribution in [1.29, 1.82) is 0 Å². The second-order valence-corrected chi connectivity index (χ2v) is 7.40. The first kappa shape index (κ1) is 16.2. The van der Waals surface area contributed by atoms with Crippen LogP contribution in [0.25, 0.3) is 22.2 Å². The van der Waals surface area contributed by atoms with Gasteiger partial charge in [0.2, 0.25) is 0 Å². The zero-order valence-corrected chi connectivity index (χ0v) is 14.3. The molecule has 130 valence electrons. The Morgan fingerprint density at radius 1 is 0.846 bits per heavy atom. The molecule has 1 aromatic heterocycles. The van der Waals surface area contributed by atoms with E-state index in [-0.39, 0.29) is 10.5 Å². The average Bonchev–Trinajstić information content (AvgIpc) is 3.02. The average molecular weight is 366 g/mol. The van der Waals surface area contributed by atoms with Gasteiger partial charge in [-0.05, 0) is 35.4 Å². The van der Waals surface area contributed by atoms with E-state index in [4.69, 9.17) is 4.42 Å². The molecule has 7 heteroatoms. The highest BCUT2D eigenvalue weighted by molar-refractivity contribution is 7.92. The molecule has 0 saturated heterocycles. The molecule has 26 heavy (non-hydrogen) atoms. The largest absolute Gasteiger partial charge is 0.417 e. The Hall–Kier alpha value is -3.32. The summed E-state index contributed by atoms with van der Waals surface area (Å²) in [4.78, 5) is 13.7. The van der Waals surface area contributed by atoms with Gasteiger partial charge in [0.05, 0.1) is 10.4 Å². The molecule has 0 saturated carbocycles. The van der Waals surface area contributed by atoms with Crippen molar-refractivity contribution in [3.63, 3.8) is 0 Å². The van der Waals surface area contributed by atoms with E-state index in [1.165, 1.54) is 18.2 Å². The number of anilines is 1. The van der Waals surface area contributed by atoms with Crippen LogP contribution in [-0.2, 0) is 10.0 Å². The Kier molecular flexibility index (Phi) is 3.85.